The van der Waals surface area contributed by atoms with Gasteiger partial charge in [-0.1, -0.05) is 48.0 Å². The average molecular weight is 319 g/mol. The average Bonchev–Trinajstić information content (AvgIpc) is 3.16. The molecule has 4 rings (SSSR count). The normalized spacial score (nSPS) is 19.4. The van der Waals surface area contributed by atoms with Gasteiger partial charge >= 0.3 is 0 Å². The second-order valence-electron chi connectivity index (χ2n) is 6.47. The fourth-order valence-corrected chi connectivity index (χ4v) is 3.54. The summed E-state index contributed by atoms with van der Waals surface area (Å²) in [6, 6.07) is 16.6. The first-order valence-electron chi connectivity index (χ1n) is 8.31. The molecule has 3 aromatic rings. The van der Waals surface area contributed by atoms with Crippen LogP contribution < -0.4 is 5.32 Å². The van der Waals surface area contributed by atoms with Crippen LogP contribution in [0.1, 0.15) is 28.3 Å². The van der Waals surface area contributed by atoms with Crippen molar-refractivity contribution < 1.29 is 5.11 Å². The number of aliphatic hydroxyl groups is 1. The van der Waals surface area contributed by atoms with Crippen molar-refractivity contribution in [2.45, 2.75) is 32.0 Å². The molecule has 4 nitrogen and oxygen atoms in total. The molecule has 0 saturated carbocycles. The molecule has 0 saturated heterocycles. The predicted octanol–water partition coefficient (Wildman–Crippen LogP) is 3.13. The summed E-state index contributed by atoms with van der Waals surface area (Å²) in [4.78, 5) is 0. The molecule has 1 aliphatic carbocycles. The number of aromatic amines is 1. The second kappa shape index (κ2) is 6.23. The lowest BCUT2D eigenvalue weighted by Gasteiger charge is -2.18. The molecule has 0 radical (unpaired) electrons. The van der Waals surface area contributed by atoms with E-state index in [-0.39, 0.29) is 12.1 Å². The number of hydrogen-bond donors (Lipinski definition) is 3. The molecule has 0 aliphatic heterocycles. The zero-order valence-corrected chi connectivity index (χ0v) is 13.7. The van der Waals surface area contributed by atoms with Crippen molar-refractivity contribution in [2.24, 2.45) is 0 Å². The van der Waals surface area contributed by atoms with Crippen LogP contribution in [0.3, 0.4) is 0 Å². The summed E-state index contributed by atoms with van der Waals surface area (Å²) >= 11 is 0. The summed E-state index contributed by atoms with van der Waals surface area (Å²) in [7, 11) is 0. The highest BCUT2D eigenvalue weighted by Gasteiger charge is 2.30. The first-order chi connectivity index (χ1) is 11.7. The molecule has 0 fully saturated rings. The van der Waals surface area contributed by atoms with Gasteiger partial charge in [0.25, 0.3) is 0 Å². The highest BCUT2D eigenvalue weighted by atomic mass is 16.3. The van der Waals surface area contributed by atoms with Crippen LogP contribution >= 0.6 is 0 Å². The number of aliphatic hydroxyl groups excluding tert-OH is 1. The minimum Gasteiger partial charge on any atom is -0.391 e. The van der Waals surface area contributed by atoms with Gasteiger partial charge in [0.15, 0.2) is 0 Å². The monoisotopic (exact) mass is 319 g/mol. The summed E-state index contributed by atoms with van der Waals surface area (Å²) in [6.07, 6.45) is 2.19. The van der Waals surface area contributed by atoms with E-state index in [1.807, 2.05) is 18.3 Å². The number of nitrogens with one attached hydrogen (secondary N) is 2. The standard InChI is InChI=1S/C20H21N3O/c1-13-5-4-7-15(9-13)19-16(12-22-23-19)11-21-20-17-8-3-2-6-14(17)10-18(20)24/h2-9,12,18,20-21,24H,10-11H2,1H3,(H,22,23)/t18-,20+/m0/s1. The maximum atomic E-state index is 10.4. The first kappa shape index (κ1) is 15.1. The lowest BCUT2D eigenvalue weighted by atomic mass is 10.0. The van der Waals surface area contributed by atoms with Crippen molar-refractivity contribution in [2.75, 3.05) is 0 Å². The number of benzene rings is 2. The highest BCUT2D eigenvalue weighted by molar-refractivity contribution is 5.63. The van der Waals surface area contributed by atoms with E-state index < -0.39 is 0 Å². The Kier molecular flexibility index (Phi) is 3.92. The molecule has 0 unspecified atom stereocenters. The fourth-order valence-electron chi connectivity index (χ4n) is 3.54. The van der Waals surface area contributed by atoms with Crippen LogP contribution in [0.15, 0.2) is 54.7 Å². The van der Waals surface area contributed by atoms with Crippen molar-refractivity contribution in [1.29, 1.82) is 0 Å². The van der Waals surface area contributed by atoms with Gasteiger partial charge in [-0.2, -0.15) is 5.10 Å². The zero-order chi connectivity index (χ0) is 16.5. The van der Waals surface area contributed by atoms with Crippen LogP contribution in [0, 0.1) is 6.92 Å². The van der Waals surface area contributed by atoms with Gasteiger partial charge in [-0.25, -0.2) is 0 Å². The summed E-state index contributed by atoms with van der Waals surface area (Å²) in [6.45, 7) is 2.75. The van der Waals surface area contributed by atoms with Gasteiger partial charge in [0.05, 0.1) is 24.0 Å². The third-order valence-corrected chi connectivity index (χ3v) is 4.74. The molecule has 24 heavy (non-hydrogen) atoms. The number of rotatable bonds is 4. The Morgan fingerprint density at radius 1 is 1.21 bits per heavy atom. The lowest BCUT2D eigenvalue weighted by molar-refractivity contribution is 0.140. The SMILES string of the molecule is Cc1cccc(-c2[nH]ncc2CN[C@@H]2c3ccccc3C[C@@H]2O)c1. The number of aromatic nitrogens is 2. The Balaban J connectivity index is 1.55. The molecule has 0 bridgehead atoms. The van der Waals surface area contributed by atoms with Crippen molar-refractivity contribution in [1.82, 2.24) is 15.5 Å². The van der Waals surface area contributed by atoms with E-state index in [9.17, 15) is 5.11 Å². The smallest absolute Gasteiger partial charge is 0.0775 e. The Hall–Kier alpha value is -2.43. The first-order valence-corrected chi connectivity index (χ1v) is 8.31. The third-order valence-electron chi connectivity index (χ3n) is 4.74. The molecule has 0 amide bonds. The topological polar surface area (TPSA) is 60.9 Å². The van der Waals surface area contributed by atoms with Crippen LogP contribution in [0.5, 0.6) is 0 Å². The van der Waals surface area contributed by atoms with Crippen molar-refractivity contribution in [3.63, 3.8) is 0 Å². The molecule has 1 aliphatic rings. The maximum absolute atomic E-state index is 10.4. The quantitative estimate of drug-likeness (QED) is 0.692. The van der Waals surface area contributed by atoms with E-state index in [1.165, 1.54) is 16.7 Å². The number of hydrogen-bond acceptors (Lipinski definition) is 3. The Labute approximate surface area is 141 Å². The van der Waals surface area contributed by atoms with Gasteiger partial charge < -0.3 is 10.4 Å². The van der Waals surface area contributed by atoms with Gasteiger partial charge in [0, 0.05) is 24.1 Å². The Morgan fingerprint density at radius 3 is 2.96 bits per heavy atom. The highest BCUT2D eigenvalue weighted by Crippen LogP contribution is 2.32. The minimum atomic E-state index is -0.378. The number of aryl methyl sites for hydroxylation is 1. The molecular formula is C20H21N3O. The number of fused-ring (bicyclic) bond motifs is 1. The molecule has 4 heteroatoms. The van der Waals surface area contributed by atoms with E-state index in [2.05, 4.69) is 58.8 Å². The Bertz CT molecular complexity index is 855. The van der Waals surface area contributed by atoms with Crippen molar-refractivity contribution in [3.8, 4) is 11.3 Å². The predicted molar refractivity (Wildman–Crippen MR) is 94.5 cm³/mol. The molecule has 2 aromatic carbocycles. The van der Waals surface area contributed by atoms with Crippen LogP contribution in [0.25, 0.3) is 11.3 Å². The van der Waals surface area contributed by atoms with E-state index in [4.69, 9.17) is 0 Å². The summed E-state index contributed by atoms with van der Waals surface area (Å²) in [5, 5.41) is 21.2. The van der Waals surface area contributed by atoms with Crippen LogP contribution in [-0.2, 0) is 13.0 Å². The Morgan fingerprint density at radius 2 is 2.08 bits per heavy atom. The van der Waals surface area contributed by atoms with Crippen LogP contribution in [0.4, 0.5) is 0 Å². The van der Waals surface area contributed by atoms with E-state index in [0.29, 0.717) is 13.0 Å². The fraction of sp³-hybridized carbons (Fsp3) is 0.250. The second-order valence-corrected chi connectivity index (χ2v) is 6.47. The van der Waals surface area contributed by atoms with Gasteiger partial charge in [0.2, 0.25) is 0 Å². The molecule has 3 N–H and O–H groups in total. The van der Waals surface area contributed by atoms with E-state index >= 15 is 0 Å². The molecule has 122 valence electrons. The van der Waals surface area contributed by atoms with Gasteiger partial charge in [0.1, 0.15) is 0 Å². The van der Waals surface area contributed by atoms with Gasteiger partial charge in [-0.05, 0) is 24.1 Å². The lowest BCUT2D eigenvalue weighted by Crippen LogP contribution is -2.28. The summed E-state index contributed by atoms with van der Waals surface area (Å²) in [5.41, 5.74) is 6.93. The van der Waals surface area contributed by atoms with Crippen molar-refractivity contribution >= 4 is 0 Å². The number of H-pyrrole nitrogens is 1. The van der Waals surface area contributed by atoms with E-state index in [1.54, 1.807) is 0 Å². The summed E-state index contributed by atoms with van der Waals surface area (Å²) < 4.78 is 0. The largest absolute Gasteiger partial charge is 0.391 e. The number of nitrogens with zero attached hydrogens (tertiary/aromatic N) is 1. The molecule has 1 heterocycles. The molecular weight excluding hydrogens is 298 g/mol. The molecule has 2 atom stereocenters. The van der Waals surface area contributed by atoms with Crippen molar-refractivity contribution in [3.05, 3.63) is 77.0 Å². The van der Waals surface area contributed by atoms with Gasteiger partial charge in [-0.15, -0.1) is 0 Å². The maximum Gasteiger partial charge on any atom is 0.0775 e. The zero-order valence-electron chi connectivity index (χ0n) is 13.7. The van der Waals surface area contributed by atoms with E-state index in [0.717, 1.165) is 16.8 Å². The molecule has 0 spiro atoms. The summed E-state index contributed by atoms with van der Waals surface area (Å²) in [5.74, 6) is 0. The van der Waals surface area contributed by atoms with Crippen LogP contribution in [0.2, 0.25) is 0 Å². The minimum absolute atomic E-state index is 0.0264. The van der Waals surface area contributed by atoms with Gasteiger partial charge in [-0.3, -0.25) is 5.10 Å². The van der Waals surface area contributed by atoms with Crippen LogP contribution in [-0.4, -0.2) is 21.4 Å². The molecule has 1 aromatic heterocycles. The third kappa shape index (κ3) is 2.75.